The first-order chi connectivity index (χ1) is 4.81. The van der Waals surface area contributed by atoms with Gasteiger partial charge >= 0.3 is 18.9 Å². The van der Waals surface area contributed by atoms with Gasteiger partial charge in [-0.1, -0.05) is 6.42 Å². The smallest absolute Gasteiger partial charge is 0.353 e. The third kappa shape index (κ3) is 10.5. The molecule has 0 aliphatic heterocycles. The van der Waals surface area contributed by atoms with Gasteiger partial charge in [-0.15, -0.1) is 0 Å². The Hall–Kier alpha value is 0.517. The van der Waals surface area contributed by atoms with Crippen LogP contribution in [-0.2, 0) is 9.47 Å². The average molecular weight is 152 g/mol. The summed E-state index contributed by atoms with van der Waals surface area (Å²) in [5.41, 5.74) is 0. The van der Waals surface area contributed by atoms with E-state index in [0.29, 0.717) is 6.61 Å². The van der Waals surface area contributed by atoms with Crippen molar-refractivity contribution in [3.05, 3.63) is 6.92 Å². The predicted molar refractivity (Wildman–Crippen MR) is 41.6 cm³/mol. The number of rotatable bonds is 6. The van der Waals surface area contributed by atoms with Gasteiger partial charge < -0.3 is 16.4 Å². The molecule has 0 saturated carbocycles. The van der Waals surface area contributed by atoms with Crippen LogP contribution in [-0.4, -0.2) is 19.5 Å². The Labute approximate surface area is 81.8 Å². The third-order valence-corrected chi connectivity index (χ3v) is 1.15. The van der Waals surface area contributed by atoms with Gasteiger partial charge in [0.1, 0.15) is 0 Å². The molecule has 0 aromatic rings. The van der Waals surface area contributed by atoms with Gasteiger partial charge in [-0.05, 0) is 13.8 Å². The van der Waals surface area contributed by atoms with Crippen LogP contribution >= 0.6 is 0 Å². The predicted octanol–water partition coefficient (Wildman–Crippen LogP) is -0.996. The fraction of sp³-hybridized carbons (Fsp3) is 0.875. The number of hydrogen-bond donors (Lipinski definition) is 0. The summed E-state index contributed by atoms with van der Waals surface area (Å²) in [6, 6.07) is 0. The zero-order chi connectivity index (χ0) is 7.82. The molecule has 0 amide bonds. The zero-order valence-electron chi connectivity index (χ0n) is 7.93. The van der Waals surface area contributed by atoms with E-state index in [1.165, 1.54) is 0 Å². The Morgan fingerprint density at radius 2 is 2.00 bits per heavy atom. The van der Waals surface area contributed by atoms with Crippen LogP contribution in [0.25, 0.3) is 0 Å². The maximum Gasteiger partial charge on any atom is 1.00 e. The monoisotopic (exact) mass is 152 g/mol. The molecule has 3 heteroatoms. The minimum absolute atomic E-state index is 0. The molecule has 62 valence electrons. The second-order valence-electron chi connectivity index (χ2n) is 2.10. The topological polar surface area (TPSA) is 18.5 Å². The molecular weight excluding hydrogens is 135 g/mol. The van der Waals surface area contributed by atoms with Crippen molar-refractivity contribution >= 4 is 0 Å². The second kappa shape index (κ2) is 10.5. The van der Waals surface area contributed by atoms with Crippen LogP contribution in [0, 0.1) is 6.92 Å². The SMILES string of the molecule is [CH2-]CCCOC(C)OCC.[Li+]. The average Bonchev–Trinajstić information content (AvgIpc) is 1.89. The first-order valence-corrected chi connectivity index (χ1v) is 3.83. The molecule has 0 spiro atoms. The Kier molecular flexibility index (Phi) is 13.4. The molecule has 1 atom stereocenters. The molecule has 0 rings (SSSR count). The molecule has 0 aliphatic carbocycles. The van der Waals surface area contributed by atoms with Crippen LogP contribution in [0.5, 0.6) is 0 Å². The Morgan fingerprint density at radius 3 is 2.45 bits per heavy atom. The van der Waals surface area contributed by atoms with E-state index in [4.69, 9.17) is 9.47 Å². The molecule has 11 heavy (non-hydrogen) atoms. The third-order valence-electron chi connectivity index (χ3n) is 1.15. The van der Waals surface area contributed by atoms with E-state index >= 15 is 0 Å². The van der Waals surface area contributed by atoms with Gasteiger partial charge in [-0.25, -0.2) is 0 Å². The summed E-state index contributed by atoms with van der Waals surface area (Å²) in [5.74, 6) is 0. The largest absolute Gasteiger partial charge is 1.00 e. The molecule has 1 unspecified atom stereocenters. The number of ether oxygens (including phenoxy) is 2. The van der Waals surface area contributed by atoms with Gasteiger partial charge in [0.2, 0.25) is 0 Å². The van der Waals surface area contributed by atoms with Gasteiger partial charge in [0.05, 0.1) is 0 Å². The Morgan fingerprint density at radius 1 is 1.36 bits per heavy atom. The first kappa shape index (κ1) is 14.1. The molecule has 0 radical (unpaired) electrons. The van der Waals surface area contributed by atoms with Crippen LogP contribution in [0.2, 0.25) is 0 Å². The molecule has 0 saturated heterocycles. The summed E-state index contributed by atoms with van der Waals surface area (Å²) in [7, 11) is 0. The minimum Gasteiger partial charge on any atom is -0.353 e. The van der Waals surface area contributed by atoms with Crippen LogP contribution in [0.3, 0.4) is 0 Å². The van der Waals surface area contributed by atoms with Crippen molar-refractivity contribution in [2.75, 3.05) is 13.2 Å². The maximum atomic E-state index is 5.26. The first-order valence-electron chi connectivity index (χ1n) is 3.83. The molecular formula is C8H17LiO2. The summed E-state index contributed by atoms with van der Waals surface area (Å²) < 4.78 is 10.4. The Balaban J connectivity index is 0. The van der Waals surface area contributed by atoms with Gasteiger partial charge in [0.15, 0.2) is 6.29 Å². The van der Waals surface area contributed by atoms with Crippen molar-refractivity contribution in [3.8, 4) is 0 Å². The molecule has 0 N–H and O–H groups in total. The number of unbranched alkanes of at least 4 members (excludes halogenated alkanes) is 1. The van der Waals surface area contributed by atoms with E-state index < -0.39 is 0 Å². The van der Waals surface area contributed by atoms with E-state index in [1.54, 1.807) is 0 Å². The molecule has 0 heterocycles. The van der Waals surface area contributed by atoms with E-state index in [2.05, 4.69) is 6.92 Å². The maximum absolute atomic E-state index is 5.26. The minimum atomic E-state index is -0.0588. The van der Waals surface area contributed by atoms with Gasteiger partial charge in [0, 0.05) is 13.2 Å². The fourth-order valence-electron chi connectivity index (χ4n) is 0.634. The van der Waals surface area contributed by atoms with Crippen LogP contribution in [0.1, 0.15) is 26.7 Å². The Bertz CT molecular complexity index is 69.1. The van der Waals surface area contributed by atoms with E-state index in [9.17, 15) is 0 Å². The molecule has 0 aromatic heterocycles. The van der Waals surface area contributed by atoms with E-state index in [0.717, 1.165) is 19.4 Å². The van der Waals surface area contributed by atoms with Crippen molar-refractivity contribution in [2.45, 2.75) is 33.0 Å². The van der Waals surface area contributed by atoms with Gasteiger partial charge in [-0.3, -0.25) is 0 Å². The quantitative estimate of drug-likeness (QED) is 0.210. The molecule has 2 nitrogen and oxygen atoms in total. The van der Waals surface area contributed by atoms with Crippen LogP contribution < -0.4 is 18.9 Å². The summed E-state index contributed by atoms with van der Waals surface area (Å²) in [6.07, 6.45) is 1.88. The van der Waals surface area contributed by atoms with Crippen molar-refractivity contribution in [3.63, 3.8) is 0 Å². The van der Waals surface area contributed by atoms with E-state index in [-0.39, 0.29) is 25.2 Å². The van der Waals surface area contributed by atoms with Crippen LogP contribution in [0.15, 0.2) is 0 Å². The van der Waals surface area contributed by atoms with Crippen molar-refractivity contribution < 1.29 is 28.3 Å². The van der Waals surface area contributed by atoms with E-state index in [1.807, 2.05) is 13.8 Å². The van der Waals surface area contributed by atoms with Gasteiger partial charge in [-0.2, -0.15) is 6.42 Å². The standard InChI is InChI=1S/C8H17O2.Li/c1-4-6-7-10-8(3)9-5-2;/h8H,1,4-7H2,2-3H3;/q-1;+1. The van der Waals surface area contributed by atoms with Crippen LogP contribution in [0.4, 0.5) is 0 Å². The summed E-state index contributed by atoms with van der Waals surface area (Å²) in [4.78, 5) is 0. The van der Waals surface area contributed by atoms with Gasteiger partial charge in [0.25, 0.3) is 0 Å². The molecule has 0 aromatic carbocycles. The molecule has 0 fully saturated rings. The summed E-state index contributed by atoms with van der Waals surface area (Å²) in [6.45, 7) is 9.05. The summed E-state index contributed by atoms with van der Waals surface area (Å²) in [5, 5.41) is 0. The van der Waals surface area contributed by atoms with Crippen molar-refractivity contribution in [1.82, 2.24) is 0 Å². The molecule has 0 aliphatic rings. The van der Waals surface area contributed by atoms with Crippen molar-refractivity contribution in [2.24, 2.45) is 0 Å². The zero-order valence-corrected chi connectivity index (χ0v) is 7.93. The fourth-order valence-corrected chi connectivity index (χ4v) is 0.634. The van der Waals surface area contributed by atoms with Crippen molar-refractivity contribution in [1.29, 1.82) is 0 Å². The molecule has 0 bridgehead atoms. The summed E-state index contributed by atoms with van der Waals surface area (Å²) >= 11 is 0. The normalized spacial score (nSPS) is 12.3. The second-order valence-corrected chi connectivity index (χ2v) is 2.10. The number of hydrogen-bond acceptors (Lipinski definition) is 2.